The third kappa shape index (κ3) is 3.17. The van der Waals surface area contributed by atoms with Crippen molar-refractivity contribution in [3.63, 3.8) is 0 Å². The van der Waals surface area contributed by atoms with Crippen molar-refractivity contribution in [2.45, 2.75) is 20.3 Å². The second kappa shape index (κ2) is 6.53. The van der Waals surface area contributed by atoms with Crippen LogP contribution in [0.3, 0.4) is 0 Å². The van der Waals surface area contributed by atoms with E-state index in [9.17, 15) is 8.78 Å². The largest absolute Gasteiger partial charge is 0.207 e. The number of alkyl halides is 2. The Labute approximate surface area is 125 Å². The van der Waals surface area contributed by atoms with Gasteiger partial charge in [-0.1, -0.05) is 13.8 Å². The topological polar surface area (TPSA) is 0 Å². The predicted octanol–water partition coefficient (Wildman–Crippen LogP) is 5.39. The molecule has 1 rings (SSSR count). The second-order valence-corrected chi connectivity index (χ2v) is 6.17. The summed E-state index contributed by atoms with van der Waals surface area (Å²) in [5.41, 5.74) is -0.467. The van der Waals surface area contributed by atoms with Crippen molar-refractivity contribution < 1.29 is 8.78 Å². The van der Waals surface area contributed by atoms with E-state index in [-0.39, 0.29) is 34.1 Å². The Morgan fingerprint density at radius 2 is 1.78 bits per heavy atom. The standard InChI is InChI=1S/C13H15BrCl2F2/c1-8(2)13(6-15,7-16)5-9-11(17)4-3-10(14)12(9)18/h3-4,8H,5-7H2,1-2H3. The van der Waals surface area contributed by atoms with Crippen LogP contribution in [0.2, 0.25) is 0 Å². The fraction of sp³-hybridized carbons (Fsp3) is 0.538. The summed E-state index contributed by atoms with van der Waals surface area (Å²) in [6.07, 6.45) is 0.189. The van der Waals surface area contributed by atoms with Crippen molar-refractivity contribution in [3.05, 3.63) is 33.8 Å². The van der Waals surface area contributed by atoms with Gasteiger partial charge in [-0.2, -0.15) is 0 Å². The lowest BCUT2D eigenvalue weighted by Crippen LogP contribution is -2.34. The summed E-state index contributed by atoms with van der Waals surface area (Å²) < 4.78 is 28.0. The zero-order valence-electron chi connectivity index (χ0n) is 10.2. The predicted molar refractivity (Wildman–Crippen MR) is 76.5 cm³/mol. The Morgan fingerprint density at radius 3 is 2.22 bits per heavy atom. The fourth-order valence-corrected chi connectivity index (χ4v) is 3.19. The number of rotatable bonds is 5. The molecule has 0 fully saturated rings. The summed E-state index contributed by atoms with van der Waals surface area (Å²) in [6, 6.07) is 2.60. The first kappa shape index (κ1) is 16.2. The molecular weight excluding hydrogens is 345 g/mol. The molecule has 0 nitrogen and oxygen atoms in total. The van der Waals surface area contributed by atoms with Crippen molar-refractivity contribution in [1.82, 2.24) is 0 Å². The van der Waals surface area contributed by atoms with Crippen LogP contribution in [0.1, 0.15) is 19.4 Å². The third-order valence-corrected chi connectivity index (χ3v) is 5.10. The van der Waals surface area contributed by atoms with Crippen LogP contribution in [0.4, 0.5) is 8.78 Å². The lowest BCUT2D eigenvalue weighted by atomic mass is 9.75. The molecule has 0 N–H and O–H groups in total. The monoisotopic (exact) mass is 358 g/mol. The highest BCUT2D eigenvalue weighted by Crippen LogP contribution is 2.37. The van der Waals surface area contributed by atoms with E-state index in [4.69, 9.17) is 23.2 Å². The van der Waals surface area contributed by atoms with Gasteiger partial charge in [-0.3, -0.25) is 0 Å². The maximum absolute atomic E-state index is 14.0. The van der Waals surface area contributed by atoms with Gasteiger partial charge in [0.05, 0.1) is 4.47 Å². The minimum atomic E-state index is -0.574. The minimum absolute atomic E-state index is 0.0411. The van der Waals surface area contributed by atoms with E-state index in [0.29, 0.717) is 0 Å². The first-order valence-electron chi connectivity index (χ1n) is 5.62. The van der Waals surface area contributed by atoms with Crippen LogP contribution in [0.25, 0.3) is 0 Å². The van der Waals surface area contributed by atoms with Gasteiger partial charge in [-0.15, -0.1) is 23.2 Å². The molecule has 18 heavy (non-hydrogen) atoms. The Balaban J connectivity index is 3.20. The normalized spacial score (nSPS) is 12.2. The van der Waals surface area contributed by atoms with Gasteiger partial charge in [0, 0.05) is 22.7 Å². The molecule has 1 aromatic carbocycles. The van der Waals surface area contributed by atoms with E-state index in [1.165, 1.54) is 12.1 Å². The van der Waals surface area contributed by atoms with Gasteiger partial charge >= 0.3 is 0 Å². The first-order chi connectivity index (χ1) is 8.38. The molecule has 0 saturated heterocycles. The molecule has 0 aromatic heterocycles. The molecule has 0 aliphatic rings. The Morgan fingerprint density at radius 1 is 1.22 bits per heavy atom. The number of benzene rings is 1. The SMILES string of the molecule is CC(C)C(CCl)(CCl)Cc1c(F)ccc(Br)c1F. The molecule has 1 aromatic rings. The maximum Gasteiger partial charge on any atom is 0.143 e. The van der Waals surface area contributed by atoms with Crippen LogP contribution in [0.15, 0.2) is 16.6 Å². The summed E-state index contributed by atoms with van der Waals surface area (Å²) >= 11 is 15.0. The van der Waals surface area contributed by atoms with Crippen molar-refractivity contribution in [2.24, 2.45) is 11.3 Å². The van der Waals surface area contributed by atoms with Crippen LogP contribution in [0, 0.1) is 23.0 Å². The molecular formula is C13H15BrCl2F2. The zero-order valence-corrected chi connectivity index (χ0v) is 13.3. The number of hydrogen-bond acceptors (Lipinski definition) is 0. The summed E-state index contributed by atoms with van der Waals surface area (Å²) in [5, 5.41) is 0. The Hall–Kier alpha value is 0.140. The molecule has 0 saturated carbocycles. The number of hydrogen-bond donors (Lipinski definition) is 0. The van der Waals surface area contributed by atoms with Gasteiger partial charge in [0.1, 0.15) is 11.6 Å². The van der Waals surface area contributed by atoms with Crippen molar-refractivity contribution in [3.8, 4) is 0 Å². The van der Waals surface area contributed by atoms with Crippen molar-refractivity contribution >= 4 is 39.1 Å². The van der Waals surface area contributed by atoms with Gasteiger partial charge in [0.2, 0.25) is 0 Å². The van der Waals surface area contributed by atoms with Gasteiger partial charge in [-0.25, -0.2) is 8.78 Å². The highest BCUT2D eigenvalue weighted by Gasteiger charge is 2.34. The van der Waals surface area contributed by atoms with Gasteiger partial charge < -0.3 is 0 Å². The Kier molecular flexibility index (Phi) is 5.88. The molecule has 0 bridgehead atoms. The Bertz CT molecular complexity index is 418. The second-order valence-electron chi connectivity index (χ2n) is 4.78. The molecule has 5 heteroatoms. The van der Waals surface area contributed by atoms with Crippen molar-refractivity contribution in [1.29, 1.82) is 0 Å². The molecule has 0 atom stereocenters. The average molecular weight is 360 g/mol. The van der Waals surface area contributed by atoms with E-state index in [2.05, 4.69) is 15.9 Å². The van der Waals surface area contributed by atoms with E-state index >= 15 is 0 Å². The average Bonchev–Trinajstić information content (AvgIpc) is 2.35. The molecule has 0 radical (unpaired) electrons. The number of halogens is 5. The van der Waals surface area contributed by atoms with E-state index < -0.39 is 17.0 Å². The van der Waals surface area contributed by atoms with Gasteiger partial charge in [0.15, 0.2) is 0 Å². The third-order valence-electron chi connectivity index (χ3n) is 3.42. The first-order valence-corrected chi connectivity index (χ1v) is 7.48. The van der Waals surface area contributed by atoms with Crippen molar-refractivity contribution in [2.75, 3.05) is 11.8 Å². The maximum atomic E-state index is 14.0. The molecule has 0 aliphatic carbocycles. The summed E-state index contributed by atoms with van der Waals surface area (Å²) in [7, 11) is 0. The summed E-state index contributed by atoms with van der Waals surface area (Å²) in [4.78, 5) is 0. The zero-order chi connectivity index (χ0) is 13.9. The van der Waals surface area contributed by atoms with Gasteiger partial charge in [-0.05, 0) is 40.4 Å². The van der Waals surface area contributed by atoms with Crippen LogP contribution < -0.4 is 0 Å². The minimum Gasteiger partial charge on any atom is -0.207 e. The van der Waals surface area contributed by atoms with Crippen LogP contribution in [-0.2, 0) is 6.42 Å². The van der Waals surface area contributed by atoms with E-state index in [0.717, 1.165) is 0 Å². The van der Waals surface area contributed by atoms with Crippen LogP contribution >= 0.6 is 39.1 Å². The fourth-order valence-electron chi connectivity index (χ4n) is 1.73. The molecule has 0 heterocycles. The highest BCUT2D eigenvalue weighted by atomic mass is 79.9. The van der Waals surface area contributed by atoms with Gasteiger partial charge in [0.25, 0.3) is 0 Å². The summed E-state index contributed by atoms with van der Waals surface area (Å²) in [6.45, 7) is 3.91. The molecule has 0 aliphatic heterocycles. The smallest absolute Gasteiger partial charge is 0.143 e. The molecule has 0 amide bonds. The van der Waals surface area contributed by atoms with Crippen LogP contribution in [-0.4, -0.2) is 11.8 Å². The van der Waals surface area contributed by atoms with E-state index in [1.807, 2.05) is 13.8 Å². The summed E-state index contributed by atoms with van der Waals surface area (Å²) in [5.74, 6) is -0.476. The molecule has 0 unspecified atom stereocenters. The molecule has 102 valence electrons. The quantitative estimate of drug-likeness (QED) is 0.488. The van der Waals surface area contributed by atoms with Crippen LogP contribution in [0.5, 0.6) is 0 Å². The lowest BCUT2D eigenvalue weighted by Gasteiger charge is -2.34. The molecule has 0 spiro atoms. The van der Waals surface area contributed by atoms with E-state index in [1.54, 1.807) is 0 Å². The highest BCUT2D eigenvalue weighted by molar-refractivity contribution is 9.10. The lowest BCUT2D eigenvalue weighted by molar-refractivity contribution is 0.252.